The van der Waals surface area contributed by atoms with Crippen molar-refractivity contribution >= 4 is 11.5 Å². The van der Waals surface area contributed by atoms with Crippen LogP contribution < -0.4 is 10.6 Å². The third-order valence-electron chi connectivity index (χ3n) is 2.58. The van der Waals surface area contributed by atoms with Crippen LogP contribution in [0.3, 0.4) is 0 Å². The van der Waals surface area contributed by atoms with Gasteiger partial charge >= 0.3 is 0 Å². The molecule has 0 aliphatic heterocycles. The van der Waals surface area contributed by atoms with Crippen molar-refractivity contribution < 1.29 is 4.74 Å². The number of nitrogen functional groups attached to an aromatic ring is 1. The molecule has 0 saturated carbocycles. The number of amidine groups is 1. The normalized spacial score (nSPS) is 11.3. The SMILES string of the molecule is CN(CCOC(C)(C)C)c1ccc(C(=N)N)cc1. The molecule has 4 heteroatoms. The zero-order valence-corrected chi connectivity index (χ0v) is 11.7. The van der Waals surface area contributed by atoms with E-state index in [9.17, 15) is 0 Å². The Morgan fingerprint density at radius 1 is 1.28 bits per heavy atom. The first kappa shape index (κ1) is 14.5. The second-order valence-electron chi connectivity index (χ2n) is 5.34. The summed E-state index contributed by atoms with van der Waals surface area (Å²) in [5, 5.41) is 7.34. The Bertz CT molecular complexity index is 392. The molecule has 1 aromatic carbocycles. The van der Waals surface area contributed by atoms with E-state index >= 15 is 0 Å². The number of hydrogen-bond donors (Lipinski definition) is 2. The molecule has 0 aliphatic carbocycles. The summed E-state index contributed by atoms with van der Waals surface area (Å²) in [5.74, 6) is 0.0975. The Labute approximate surface area is 109 Å². The van der Waals surface area contributed by atoms with Crippen molar-refractivity contribution in [3.05, 3.63) is 29.8 Å². The van der Waals surface area contributed by atoms with E-state index in [-0.39, 0.29) is 11.4 Å². The van der Waals surface area contributed by atoms with Gasteiger partial charge in [0.1, 0.15) is 5.84 Å². The van der Waals surface area contributed by atoms with E-state index in [2.05, 4.69) is 25.7 Å². The Balaban J connectivity index is 2.51. The van der Waals surface area contributed by atoms with Crippen LogP contribution in [0.5, 0.6) is 0 Å². The molecule has 0 atom stereocenters. The zero-order chi connectivity index (χ0) is 13.8. The fraction of sp³-hybridized carbons (Fsp3) is 0.500. The lowest BCUT2D eigenvalue weighted by atomic mass is 10.2. The number of rotatable bonds is 5. The van der Waals surface area contributed by atoms with Crippen LogP contribution in [0.2, 0.25) is 0 Å². The Morgan fingerprint density at radius 3 is 2.28 bits per heavy atom. The van der Waals surface area contributed by atoms with Crippen LogP contribution in [0.4, 0.5) is 5.69 Å². The minimum Gasteiger partial charge on any atom is -0.384 e. The van der Waals surface area contributed by atoms with Crippen molar-refractivity contribution in [1.82, 2.24) is 0 Å². The second-order valence-corrected chi connectivity index (χ2v) is 5.34. The summed E-state index contributed by atoms with van der Waals surface area (Å²) >= 11 is 0. The summed E-state index contributed by atoms with van der Waals surface area (Å²) in [7, 11) is 2.02. The smallest absolute Gasteiger partial charge is 0.122 e. The molecule has 0 spiro atoms. The van der Waals surface area contributed by atoms with Gasteiger partial charge < -0.3 is 15.4 Å². The minimum atomic E-state index is -0.0979. The second kappa shape index (κ2) is 5.87. The van der Waals surface area contributed by atoms with E-state index in [1.807, 2.05) is 31.3 Å². The summed E-state index contributed by atoms with van der Waals surface area (Å²) in [6.07, 6.45) is 0. The number of likely N-dealkylation sites (N-methyl/N-ethyl adjacent to an activating group) is 1. The highest BCUT2D eigenvalue weighted by Gasteiger charge is 2.10. The van der Waals surface area contributed by atoms with Crippen LogP contribution in [-0.2, 0) is 4.74 Å². The van der Waals surface area contributed by atoms with Gasteiger partial charge in [-0.25, -0.2) is 0 Å². The van der Waals surface area contributed by atoms with Crippen molar-refractivity contribution in [2.24, 2.45) is 5.73 Å². The van der Waals surface area contributed by atoms with E-state index in [0.29, 0.717) is 6.61 Å². The predicted molar refractivity (Wildman–Crippen MR) is 76.4 cm³/mol. The molecule has 0 aromatic heterocycles. The molecule has 1 rings (SSSR count). The van der Waals surface area contributed by atoms with Crippen molar-refractivity contribution in [2.45, 2.75) is 26.4 Å². The number of ether oxygens (including phenoxy) is 1. The van der Waals surface area contributed by atoms with Gasteiger partial charge in [-0.2, -0.15) is 0 Å². The fourth-order valence-corrected chi connectivity index (χ4v) is 1.51. The number of nitrogens with two attached hydrogens (primary N) is 1. The molecular formula is C14H23N3O. The first-order valence-electron chi connectivity index (χ1n) is 6.09. The first-order valence-corrected chi connectivity index (χ1v) is 6.09. The van der Waals surface area contributed by atoms with Gasteiger partial charge in [0, 0.05) is 24.8 Å². The highest BCUT2D eigenvalue weighted by molar-refractivity contribution is 5.95. The molecule has 3 N–H and O–H groups in total. The summed E-state index contributed by atoms with van der Waals surface area (Å²) < 4.78 is 5.69. The third-order valence-corrected chi connectivity index (χ3v) is 2.58. The molecule has 0 bridgehead atoms. The lowest BCUT2D eigenvalue weighted by molar-refractivity contribution is 0.00168. The van der Waals surface area contributed by atoms with E-state index in [0.717, 1.165) is 17.8 Å². The van der Waals surface area contributed by atoms with Gasteiger partial charge in [0.15, 0.2) is 0 Å². The molecule has 0 fully saturated rings. The molecule has 18 heavy (non-hydrogen) atoms. The zero-order valence-electron chi connectivity index (χ0n) is 11.7. The van der Waals surface area contributed by atoms with Crippen molar-refractivity contribution in [3.63, 3.8) is 0 Å². The lowest BCUT2D eigenvalue weighted by Crippen LogP contribution is -2.28. The topological polar surface area (TPSA) is 62.3 Å². The van der Waals surface area contributed by atoms with Crippen LogP contribution in [0.25, 0.3) is 0 Å². The van der Waals surface area contributed by atoms with Gasteiger partial charge in [0.05, 0.1) is 12.2 Å². The Hall–Kier alpha value is -1.55. The van der Waals surface area contributed by atoms with Crippen LogP contribution in [0.1, 0.15) is 26.3 Å². The molecule has 0 heterocycles. The summed E-state index contributed by atoms with van der Waals surface area (Å²) in [4.78, 5) is 2.12. The van der Waals surface area contributed by atoms with Crippen LogP contribution in [0.15, 0.2) is 24.3 Å². The van der Waals surface area contributed by atoms with Gasteiger partial charge in [-0.15, -0.1) is 0 Å². The molecular weight excluding hydrogens is 226 g/mol. The van der Waals surface area contributed by atoms with Gasteiger partial charge in [0.2, 0.25) is 0 Å². The van der Waals surface area contributed by atoms with Gasteiger partial charge in [-0.05, 0) is 45.0 Å². The van der Waals surface area contributed by atoms with Crippen LogP contribution >= 0.6 is 0 Å². The highest BCUT2D eigenvalue weighted by atomic mass is 16.5. The van der Waals surface area contributed by atoms with Crippen LogP contribution in [-0.4, -0.2) is 31.6 Å². The molecule has 4 nitrogen and oxygen atoms in total. The van der Waals surface area contributed by atoms with E-state index in [1.54, 1.807) is 0 Å². The average molecular weight is 249 g/mol. The summed E-state index contributed by atoms with van der Waals surface area (Å²) in [6, 6.07) is 7.65. The summed E-state index contributed by atoms with van der Waals surface area (Å²) in [6.45, 7) is 7.67. The number of hydrogen-bond acceptors (Lipinski definition) is 3. The number of nitrogens with one attached hydrogen (secondary N) is 1. The van der Waals surface area contributed by atoms with Crippen LogP contribution in [0, 0.1) is 5.41 Å². The molecule has 100 valence electrons. The molecule has 0 aliphatic rings. The molecule has 1 aromatic rings. The maximum absolute atomic E-state index is 7.34. The molecule has 0 unspecified atom stereocenters. The maximum Gasteiger partial charge on any atom is 0.122 e. The van der Waals surface area contributed by atoms with E-state index in [4.69, 9.17) is 15.9 Å². The quantitative estimate of drug-likeness (QED) is 0.621. The van der Waals surface area contributed by atoms with Crippen molar-refractivity contribution in [1.29, 1.82) is 5.41 Å². The average Bonchev–Trinajstić information content (AvgIpc) is 2.27. The first-order chi connectivity index (χ1) is 8.29. The third kappa shape index (κ3) is 4.75. The Kier molecular flexibility index (Phi) is 4.73. The lowest BCUT2D eigenvalue weighted by Gasteiger charge is -2.24. The fourth-order valence-electron chi connectivity index (χ4n) is 1.51. The number of anilines is 1. The minimum absolute atomic E-state index is 0.0975. The Morgan fingerprint density at radius 2 is 1.83 bits per heavy atom. The maximum atomic E-state index is 7.34. The molecule has 0 radical (unpaired) electrons. The monoisotopic (exact) mass is 249 g/mol. The van der Waals surface area contributed by atoms with Crippen molar-refractivity contribution in [2.75, 3.05) is 25.1 Å². The standard InChI is InChI=1S/C14H23N3O/c1-14(2,3)18-10-9-17(4)12-7-5-11(6-8-12)13(15)16/h5-8H,9-10H2,1-4H3,(H3,15,16). The summed E-state index contributed by atoms with van der Waals surface area (Å²) in [5.41, 5.74) is 7.16. The van der Waals surface area contributed by atoms with Gasteiger partial charge in [-0.1, -0.05) is 0 Å². The van der Waals surface area contributed by atoms with E-state index in [1.165, 1.54) is 0 Å². The molecule has 0 amide bonds. The largest absolute Gasteiger partial charge is 0.384 e. The van der Waals surface area contributed by atoms with Crippen molar-refractivity contribution in [3.8, 4) is 0 Å². The number of benzene rings is 1. The number of nitrogens with zero attached hydrogens (tertiary/aromatic N) is 1. The predicted octanol–water partition coefficient (Wildman–Crippen LogP) is 2.22. The van der Waals surface area contributed by atoms with E-state index < -0.39 is 0 Å². The van der Waals surface area contributed by atoms with Gasteiger partial charge in [-0.3, -0.25) is 5.41 Å². The highest BCUT2D eigenvalue weighted by Crippen LogP contribution is 2.14. The molecule has 0 saturated heterocycles. The van der Waals surface area contributed by atoms with Gasteiger partial charge in [0.25, 0.3) is 0 Å².